The van der Waals surface area contributed by atoms with Gasteiger partial charge in [-0.25, -0.2) is 0 Å². The van der Waals surface area contributed by atoms with Crippen LogP contribution >= 0.6 is 0 Å². The number of hydrogen-bond acceptors (Lipinski definition) is 5. The van der Waals surface area contributed by atoms with Crippen molar-refractivity contribution in [1.82, 2.24) is 16.0 Å². The van der Waals surface area contributed by atoms with Crippen LogP contribution in [0.2, 0.25) is 0 Å². The third-order valence-electron chi connectivity index (χ3n) is 2.30. The van der Waals surface area contributed by atoms with E-state index in [0.29, 0.717) is 5.56 Å². The molecule has 1 aromatic rings. The van der Waals surface area contributed by atoms with Crippen LogP contribution in [0.1, 0.15) is 16.8 Å². The van der Waals surface area contributed by atoms with Gasteiger partial charge >= 0.3 is 5.97 Å². The van der Waals surface area contributed by atoms with Crippen molar-refractivity contribution in [2.45, 2.75) is 6.42 Å². The molecule has 0 aliphatic heterocycles. The Morgan fingerprint density at radius 3 is 2.38 bits per heavy atom. The maximum atomic E-state index is 11.5. The molecule has 0 aliphatic rings. The zero-order valence-electron chi connectivity index (χ0n) is 11.0. The molecule has 0 bridgehead atoms. The molecule has 0 fully saturated rings. The number of amides is 3. The molecule has 3 amide bonds. The van der Waals surface area contributed by atoms with Crippen LogP contribution in [0.3, 0.4) is 0 Å². The number of nitrogens with one attached hydrogen (secondary N) is 3. The van der Waals surface area contributed by atoms with E-state index in [4.69, 9.17) is 9.52 Å². The first-order valence-electron chi connectivity index (χ1n) is 6.04. The molecule has 9 heteroatoms. The van der Waals surface area contributed by atoms with Gasteiger partial charge in [-0.3, -0.25) is 19.2 Å². The van der Waals surface area contributed by atoms with E-state index >= 15 is 0 Å². The van der Waals surface area contributed by atoms with Crippen LogP contribution in [-0.2, 0) is 14.4 Å². The first kappa shape index (κ1) is 16.2. The monoisotopic (exact) mass is 297 g/mol. The Labute approximate surface area is 119 Å². The third-order valence-corrected chi connectivity index (χ3v) is 2.30. The van der Waals surface area contributed by atoms with Crippen LogP contribution in [0.4, 0.5) is 0 Å². The largest absolute Gasteiger partial charge is 0.480 e. The molecule has 0 saturated heterocycles. The van der Waals surface area contributed by atoms with Crippen LogP contribution in [-0.4, -0.2) is 48.4 Å². The van der Waals surface area contributed by atoms with Crippen molar-refractivity contribution in [3.8, 4) is 0 Å². The van der Waals surface area contributed by atoms with Crippen molar-refractivity contribution in [2.75, 3.05) is 19.6 Å². The van der Waals surface area contributed by atoms with E-state index in [0.717, 1.165) is 0 Å². The van der Waals surface area contributed by atoms with Gasteiger partial charge in [0.25, 0.3) is 5.91 Å². The Bertz CT molecular complexity index is 511. The van der Waals surface area contributed by atoms with Crippen molar-refractivity contribution in [3.63, 3.8) is 0 Å². The summed E-state index contributed by atoms with van der Waals surface area (Å²) in [6.45, 7) is -0.718. The van der Waals surface area contributed by atoms with Gasteiger partial charge in [-0.05, 0) is 6.07 Å². The second-order valence-electron chi connectivity index (χ2n) is 3.97. The lowest BCUT2D eigenvalue weighted by atomic mass is 10.3. The van der Waals surface area contributed by atoms with Crippen molar-refractivity contribution in [1.29, 1.82) is 0 Å². The van der Waals surface area contributed by atoms with Gasteiger partial charge in [-0.2, -0.15) is 0 Å². The van der Waals surface area contributed by atoms with Crippen LogP contribution < -0.4 is 16.0 Å². The molecule has 1 aromatic heterocycles. The number of carbonyl (C=O) groups excluding carboxylic acids is 3. The molecular weight excluding hydrogens is 282 g/mol. The minimum Gasteiger partial charge on any atom is -0.480 e. The highest BCUT2D eigenvalue weighted by Crippen LogP contribution is 1.98. The van der Waals surface area contributed by atoms with Gasteiger partial charge in [-0.15, -0.1) is 0 Å². The minimum atomic E-state index is -1.17. The Morgan fingerprint density at radius 1 is 1.05 bits per heavy atom. The molecule has 1 heterocycles. The maximum absolute atomic E-state index is 11.5. The smallest absolute Gasteiger partial charge is 0.322 e. The summed E-state index contributed by atoms with van der Waals surface area (Å²) in [5.41, 5.74) is 0.350. The fourth-order valence-electron chi connectivity index (χ4n) is 1.29. The molecule has 21 heavy (non-hydrogen) atoms. The van der Waals surface area contributed by atoms with E-state index in [2.05, 4.69) is 16.0 Å². The quantitative estimate of drug-likeness (QED) is 0.471. The minimum absolute atomic E-state index is 0.00416. The Hall–Kier alpha value is -2.84. The van der Waals surface area contributed by atoms with Gasteiger partial charge in [0.15, 0.2) is 0 Å². The summed E-state index contributed by atoms with van der Waals surface area (Å²) in [5, 5.41) is 15.2. The van der Waals surface area contributed by atoms with Gasteiger partial charge < -0.3 is 25.5 Å². The average molecular weight is 297 g/mol. The number of carbonyl (C=O) groups is 4. The molecule has 0 saturated carbocycles. The van der Waals surface area contributed by atoms with Crippen LogP contribution in [0.15, 0.2) is 23.0 Å². The highest BCUT2D eigenvalue weighted by Gasteiger charge is 2.09. The summed E-state index contributed by atoms with van der Waals surface area (Å²) < 4.78 is 4.74. The van der Waals surface area contributed by atoms with Crippen LogP contribution in [0.5, 0.6) is 0 Å². The Morgan fingerprint density at radius 2 is 1.76 bits per heavy atom. The molecule has 0 spiro atoms. The highest BCUT2D eigenvalue weighted by atomic mass is 16.4. The molecule has 4 N–H and O–H groups in total. The normalized spacial score (nSPS) is 9.71. The van der Waals surface area contributed by atoms with Crippen LogP contribution in [0, 0.1) is 0 Å². The third kappa shape index (κ3) is 6.76. The zero-order chi connectivity index (χ0) is 15.7. The predicted molar refractivity (Wildman–Crippen MR) is 69.3 cm³/mol. The number of carboxylic acid groups (broad SMARTS) is 1. The van der Waals surface area contributed by atoms with E-state index in [1.54, 1.807) is 0 Å². The van der Waals surface area contributed by atoms with E-state index in [1.807, 2.05) is 0 Å². The highest BCUT2D eigenvalue weighted by molar-refractivity contribution is 5.94. The molecule has 0 unspecified atom stereocenters. The molecule has 0 radical (unpaired) electrons. The number of carboxylic acids is 1. The van der Waals surface area contributed by atoms with Crippen molar-refractivity contribution in [2.24, 2.45) is 0 Å². The van der Waals surface area contributed by atoms with Gasteiger partial charge in [0, 0.05) is 13.0 Å². The van der Waals surface area contributed by atoms with Gasteiger partial charge in [0.2, 0.25) is 11.8 Å². The topological polar surface area (TPSA) is 138 Å². The standard InChI is InChI=1S/C12H15N3O6/c16-9(14-5-10(17)15-6-11(18)19)1-3-13-12(20)8-2-4-21-7-8/h2,4,7H,1,3,5-6H2,(H,13,20)(H,14,16)(H,15,17)(H,18,19). The number of aliphatic carboxylic acids is 1. The summed E-state index contributed by atoms with van der Waals surface area (Å²) in [6.07, 6.45) is 2.63. The molecule has 1 rings (SSSR count). The zero-order valence-corrected chi connectivity index (χ0v) is 11.0. The SMILES string of the molecule is O=C(O)CNC(=O)CNC(=O)CCNC(=O)c1ccoc1. The van der Waals surface area contributed by atoms with Gasteiger partial charge in [0.1, 0.15) is 12.8 Å². The number of hydrogen-bond donors (Lipinski definition) is 4. The lowest BCUT2D eigenvalue weighted by Crippen LogP contribution is -2.39. The summed E-state index contributed by atoms with van der Waals surface area (Å²) >= 11 is 0. The first-order chi connectivity index (χ1) is 9.99. The Kier molecular flexibility index (Phi) is 6.45. The lowest BCUT2D eigenvalue weighted by molar-refractivity contribution is -0.137. The van der Waals surface area contributed by atoms with Crippen molar-refractivity contribution in [3.05, 3.63) is 24.2 Å². The van der Waals surface area contributed by atoms with Crippen molar-refractivity contribution < 1.29 is 28.7 Å². The predicted octanol–water partition coefficient (Wildman–Crippen LogP) is -1.28. The fraction of sp³-hybridized carbons (Fsp3) is 0.333. The second kappa shape index (κ2) is 8.35. The summed E-state index contributed by atoms with van der Waals surface area (Å²) in [7, 11) is 0. The molecule has 9 nitrogen and oxygen atoms in total. The molecule has 114 valence electrons. The summed E-state index contributed by atoms with van der Waals surface area (Å²) in [5.74, 6) is -2.58. The van der Waals surface area contributed by atoms with E-state index in [1.165, 1.54) is 18.6 Å². The molecule has 0 atom stereocenters. The van der Waals surface area contributed by atoms with Crippen molar-refractivity contribution >= 4 is 23.7 Å². The molecule has 0 aromatic carbocycles. The summed E-state index contributed by atoms with van der Waals surface area (Å²) in [4.78, 5) is 44.2. The van der Waals surface area contributed by atoms with E-state index < -0.39 is 24.3 Å². The summed E-state index contributed by atoms with van der Waals surface area (Å²) in [6, 6.07) is 1.49. The average Bonchev–Trinajstić information content (AvgIpc) is 2.97. The second-order valence-corrected chi connectivity index (χ2v) is 3.97. The molecule has 0 aliphatic carbocycles. The van der Waals surface area contributed by atoms with Gasteiger partial charge in [-0.1, -0.05) is 0 Å². The number of furan rings is 1. The lowest BCUT2D eigenvalue weighted by Gasteiger charge is -2.06. The first-order valence-corrected chi connectivity index (χ1v) is 6.04. The number of rotatable bonds is 8. The van der Waals surface area contributed by atoms with Crippen LogP contribution in [0.25, 0.3) is 0 Å². The molecular formula is C12H15N3O6. The Balaban J connectivity index is 2.12. The van der Waals surface area contributed by atoms with E-state index in [9.17, 15) is 19.2 Å². The maximum Gasteiger partial charge on any atom is 0.322 e. The van der Waals surface area contributed by atoms with Gasteiger partial charge in [0.05, 0.1) is 18.4 Å². The van der Waals surface area contributed by atoms with E-state index in [-0.39, 0.29) is 25.4 Å². The fourth-order valence-corrected chi connectivity index (χ4v) is 1.29.